The molecule has 1 atom stereocenters. The zero-order chi connectivity index (χ0) is 18.7. The highest BCUT2D eigenvalue weighted by atomic mass is 19.4. The van der Waals surface area contributed by atoms with Gasteiger partial charge in [0, 0.05) is 23.5 Å². The van der Waals surface area contributed by atoms with Crippen LogP contribution in [0.2, 0.25) is 0 Å². The Kier molecular flexibility index (Phi) is 4.75. The van der Waals surface area contributed by atoms with Gasteiger partial charge >= 0.3 is 6.18 Å². The number of pyridine rings is 1. The fourth-order valence-electron chi connectivity index (χ4n) is 2.42. The van der Waals surface area contributed by atoms with E-state index in [2.05, 4.69) is 15.2 Å². The molecule has 5 nitrogen and oxygen atoms in total. The molecule has 0 fully saturated rings. The quantitative estimate of drug-likeness (QED) is 0.743. The molecular weight excluding hydrogens is 345 g/mol. The van der Waals surface area contributed by atoms with E-state index in [9.17, 15) is 18.0 Å². The van der Waals surface area contributed by atoms with E-state index in [1.807, 2.05) is 36.5 Å². The molecule has 26 heavy (non-hydrogen) atoms. The predicted octanol–water partition coefficient (Wildman–Crippen LogP) is 3.81. The number of amides is 1. The minimum absolute atomic E-state index is 0.0567. The predicted molar refractivity (Wildman–Crippen MR) is 89.3 cm³/mol. The van der Waals surface area contributed by atoms with Crippen LogP contribution in [0.4, 0.5) is 13.2 Å². The van der Waals surface area contributed by atoms with Crippen molar-refractivity contribution < 1.29 is 18.0 Å². The molecule has 1 amide bonds. The fourth-order valence-corrected chi connectivity index (χ4v) is 2.42. The zero-order valence-electron chi connectivity index (χ0n) is 13.7. The van der Waals surface area contributed by atoms with Crippen molar-refractivity contribution in [3.63, 3.8) is 0 Å². The summed E-state index contributed by atoms with van der Waals surface area (Å²) in [7, 11) is 0. The number of carbonyl (C=O) groups is 1. The van der Waals surface area contributed by atoms with Gasteiger partial charge in [-0.05, 0) is 19.1 Å². The number of aromatic amines is 1. The molecule has 0 aliphatic carbocycles. The maximum Gasteiger partial charge on any atom is 0.412 e. The molecule has 134 valence electrons. The summed E-state index contributed by atoms with van der Waals surface area (Å²) in [5.74, 6) is -0.901. The molecule has 0 unspecified atom stereocenters. The summed E-state index contributed by atoms with van der Waals surface area (Å²) in [5, 5.41) is 8.47. The second kappa shape index (κ2) is 6.99. The minimum atomic E-state index is -4.65. The summed E-state index contributed by atoms with van der Waals surface area (Å²) in [4.78, 5) is 15.9. The van der Waals surface area contributed by atoms with Crippen molar-refractivity contribution in [1.29, 1.82) is 0 Å². The van der Waals surface area contributed by atoms with E-state index in [0.29, 0.717) is 5.69 Å². The highest BCUT2D eigenvalue weighted by molar-refractivity contribution is 5.93. The smallest absolute Gasteiger partial charge is 0.335 e. The highest BCUT2D eigenvalue weighted by Gasteiger charge is 2.42. The zero-order valence-corrected chi connectivity index (χ0v) is 13.7. The minimum Gasteiger partial charge on any atom is -0.335 e. The third kappa shape index (κ3) is 3.90. The second-order valence-corrected chi connectivity index (χ2v) is 5.77. The molecule has 3 rings (SSSR count). The van der Waals surface area contributed by atoms with E-state index < -0.39 is 18.1 Å². The molecule has 0 aliphatic rings. The van der Waals surface area contributed by atoms with Crippen LogP contribution in [0, 0.1) is 6.92 Å². The molecular formula is C18H15F3N4O. The van der Waals surface area contributed by atoms with Crippen LogP contribution < -0.4 is 5.32 Å². The third-order valence-electron chi connectivity index (χ3n) is 3.79. The summed E-state index contributed by atoms with van der Waals surface area (Å²) < 4.78 is 40.0. The lowest BCUT2D eigenvalue weighted by Crippen LogP contribution is -2.38. The monoisotopic (exact) mass is 360 g/mol. The number of nitrogens with one attached hydrogen (secondary N) is 2. The van der Waals surface area contributed by atoms with Gasteiger partial charge in [0.2, 0.25) is 0 Å². The number of alkyl halides is 3. The first kappa shape index (κ1) is 17.7. The summed E-state index contributed by atoms with van der Waals surface area (Å²) in [6.45, 7) is 1.93. The van der Waals surface area contributed by atoms with Gasteiger partial charge in [0.25, 0.3) is 5.91 Å². The molecule has 1 aromatic carbocycles. The highest BCUT2D eigenvalue weighted by Crippen LogP contribution is 2.32. The van der Waals surface area contributed by atoms with Crippen LogP contribution >= 0.6 is 0 Å². The first-order valence-corrected chi connectivity index (χ1v) is 7.74. The number of hydrogen-bond acceptors (Lipinski definition) is 3. The lowest BCUT2D eigenvalue weighted by Gasteiger charge is -2.21. The number of H-pyrrole nitrogens is 1. The van der Waals surface area contributed by atoms with Gasteiger partial charge in [-0.2, -0.15) is 18.3 Å². The number of benzene rings is 1. The number of carbonyl (C=O) groups excluding carboxylic acids is 1. The van der Waals surface area contributed by atoms with Gasteiger partial charge in [-0.25, -0.2) is 0 Å². The molecule has 0 radical (unpaired) electrons. The average molecular weight is 360 g/mol. The number of nitrogens with zero attached hydrogens (tertiary/aromatic N) is 2. The molecule has 2 aromatic heterocycles. The SMILES string of the molecule is Cc1ccc(-c2cc(C(=O)N[C@H](c3cccnc3)C(F)(F)F)[nH]n2)cc1. The Balaban J connectivity index is 1.81. The molecule has 0 saturated heterocycles. The Hall–Kier alpha value is -3.16. The number of rotatable bonds is 4. The van der Waals surface area contributed by atoms with Gasteiger partial charge < -0.3 is 5.32 Å². The van der Waals surface area contributed by atoms with E-state index >= 15 is 0 Å². The standard InChI is InChI=1S/C18H15F3N4O/c1-11-4-6-12(7-5-11)14-9-15(25-24-14)17(26)23-16(18(19,20)21)13-3-2-8-22-10-13/h2-10,16H,1H3,(H,23,26)(H,24,25)/t16-/m1/s1. The van der Waals surface area contributed by atoms with E-state index in [1.54, 1.807) is 0 Å². The Morgan fingerprint density at radius 2 is 1.92 bits per heavy atom. The number of hydrogen-bond donors (Lipinski definition) is 2. The Labute approximate surface area is 147 Å². The first-order chi connectivity index (χ1) is 12.3. The van der Waals surface area contributed by atoms with E-state index in [0.717, 1.165) is 17.3 Å². The Morgan fingerprint density at radius 3 is 2.54 bits per heavy atom. The summed E-state index contributed by atoms with van der Waals surface area (Å²) >= 11 is 0. The van der Waals surface area contributed by atoms with Crippen LogP contribution in [0.25, 0.3) is 11.3 Å². The molecule has 2 N–H and O–H groups in total. The van der Waals surface area contributed by atoms with Crippen LogP contribution in [0.15, 0.2) is 54.9 Å². The van der Waals surface area contributed by atoms with Crippen LogP contribution in [0.1, 0.15) is 27.7 Å². The van der Waals surface area contributed by atoms with E-state index in [1.165, 1.54) is 24.4 Å². The average Bonchev–Trinajstić information content (AvgIpc) is 3.10. The molecule has 2 heterocycles. The van der Waals surface area contributed by atoms with Gasteiger partial charge in [-0.15, -0.1) is 0 Å². The summed E-state index contributed by atoms with van der Waals surface area (Å²) in [6.07, 6.45) is -2.22. The largest absolute Gasteiger partial charge is 0.412 e. The normalized spacial score (nSPS) is 12.6. The van der Waals surface area contributed by atoms with Crippen molar-refractivity contribution in [3.05, 3.63) is 71.7 Å². The van der Waals surface area contributed by atoms with E-state index in [-0.39, 0.29) is 11.3 Å². The molecule has 0 aliphatic heterocycles. The van der Waals surface area contributed by atoms with Crippen LogP contribution in [-0.4, -0.2) is 27.3 Å². The van der Waals surface area contributed by atoms with Crippen molar-refractivity contribution in [2.75, 3.05) is 0 Å². The molecule has 8 heteroatoms. The van der Waals surface area contributed by atoms with Crippen molar-refractivity contribution >= 4 is 5.91 Å². The number of aromatic nitrogens is 3. The molecule has 3 aromatic rings. The summed E-state index contributed by atoms with van der Waals surface area (Å²) in [6, 6.07) is 9.30. The lowest BCUT2D eigenvalue weighted by molar-refractivity contribution is -0.155. The fraction of sp³-hybridized carbons (Fsp3) is 0.167. The van der Waals surface area contributed by atoms with Crippen LogP contribution in [-0.2, 0) is 0 Å². The van der Waals surface area contributed by atoms with Gasteiger partial charge in [0.1, 0.15) is 5.69 Å². The van der Waals surface area contributed by atoms with E-state index in [4.69, 9.17) is 0 Å². The Bertz CT molecular complexity index is 889. The Morgan fingerprint density at radius 1 is 1.19 bits per heavy atom. The van der Waals surface area contributed by atoms with Gasteiger partial charge in [0.05, 0.1) is 5.69 Å². The van der Waals surface area contributed by atoms with Crippen LogP contribution in [0.5, 0.6) is 0 Å². The molecule has 0 spiro atoms. The van der Waals surface area contributed by atoms with Crippen molar-refractivity contribution in [2.24, 2.45) is 0 Å². The van der Waals surface area contributed by atoms with Gasteiger partial charge in [-0.1, -0.05) is 35.9 Å². The maximum atomic E-state index is 13.3. The second-order valence-electron chi connectivity index (χ2n) is 5.77. The molecule has 0 saturated carbocycles. The third-order valence-corrected chi connectivity index (χ3v) is 3.79. The van der Waals surface area contributed by atoms with Gasteiger partial charge in [0.15, 0.2) is 6.04 Å². The first-order valence-electron chi connectivity index (χ1n) is 7.74. The summed E-state index contributed by atoms with van der Waals surface area (Å²) in [5.41, 5.74) is 2.09. The topological polar surface area (TPSA) is 70.7 Å². The van der Waals surface area contributed by atoms with Crippen molar-refractivity contribution in [1.82, 2.24) is 20.5 Å². The van der Waals surface area contributed by atoms with Crippen molar-refractivity contribution in [3.8, 4) is 11.3 Å². The van der Waals surface area contributed by atoms with Gasteiger partial charge in [-0.3, -0.25) is 14.9 Å². The maximum absolute atomic E-state index is 13.3. The number of aryl methyl sites for hydroxylation is 1. The number of halogens is 3. The lowest BCUT2D eigenvalue weighted by atomic mass is 10.1. The van der Waals surface area contributed by atoms with Crippen LogP contribution in [0.3, 0.4) is 0 Å². The molecule has 0 bridgehead atoms. The van der Waals surface area contributed by atoms with Crippen molar-refractivity contribution in [2.45, 2.75) is 19.1 Å².